The number of hydrogen-bond donors (Lipinski definition) is 1. The molecule has 1 aromatic rings. The summed E-state index contributed by atoms with van der Waals surface area (Å²) in [7, 11) is -2.03. The van der Waals surface area contributed by atoms with Gasteiger partial charge >= 0.3 is 5.97 Å². The maximum Gasteiger partial charge on any atom is 0.307 e. The molecule has 112 valence electrons. The smallest absolute Gasteiger partial charge is 0.307 e. The monoisotopic (exact) mass is 317 g/mol. The van der Waals surface area contributed by atoms with Crippen LogP contribution in [-0.2, 0) is 21.4 Å². The van der Waals surface area contributed by atoms with Crippen molar-refractivity contribution >= 4 is 27.3 Å². The van der Waals surface area contributed by atoms with Crippen molar-refractivity contribution in [1.82, 2.24) is 4.31 Å². The molecule has 2 rings (SSSR count). The van der Waals surface area contributed by atoms with E-state index in [1.54, 1.807) is 0 Å². The third-order valence-electron chi connectivity index (χ3n) is 3.92. The Hall–Kier alpha value is -0.920. The van der Waals surface area contributed by atoms with Crippen molar-refractivity contribution in [2.45, 2.75) is 38.0 Å². The Morgan fingerprint density at radius 2 is 2.20 bits per heavy atom. The average Bonchev–Trinajstić information content (AvgIpc) is 2.99. The molecule has 0 aromatic carbocycles. The number of carboxylic acid groups (broad SMARTS) is 1. The van der Waals surface area contributed by atoms with Crippen molar-refractivity contribution in [3.05, 3.63) is 21.9 Å². The second kappa shape index (κ2) is 5.83. The van der Waals surface area contributed by atoms with Gasteiger partial charge in [0.1, 0.15) is 0 Å². The van der Waals surface area contributed by atoms with Crippen LogP contribution < -0.4 is 0 Å². The van der Waals surface area contributed by atoms with Gasteiger partial charge in [-0.15, -0.1) is 11.3 Å². The molecule has 0 spiro atoms. The molecule has 2 unspecified atom stereocenters. The van der Waals surface area contributed by atoms with Crippen LogP contribution in [0.4, 0.5) is 0 Å². The molecular formula is C13H19NO4S2. The molecule has 0 bridgehead atoms. The van der Waals surface area contributed by atoms with Crippen LogP contribution >= 0.6 is 11.3 Å². The minimum absolute atomic E-state index is 0.314. The van der Waals surface area contributed by atoms with Gasteiger partial charge in [-0.3, -0.25) is 4.79 Å². The Labute approximate surface area is 123 Å². The van der Waals surface area contributed by atoms with Crippen molar-refractivity contribution in [3.8, 4) is 0 Å². The number of aliphatic carboxylic acids is 1. The average molecular weight is 317 g/mol. The number of rotatable bonds is 5. The van der Waals surface area contributed by atoms with Crippen LogP contribution in [0.1, 0.15) is 29.7 Å². The van der Waals surface area contributed by atoms with Crippen molar-refractivity contribution < 1.29 is 18.3 Å². The van der Waals surface area contributed by atoms with E-state index in [4.69, 9.17) is 5.11 Å². The van der Waals surface area contributed by atoms with E-state index in [2.05, 4.69) is 0 Å². The summed E-state index contributed by atoms with van der Waals surface area (Å²) in [6.45, 7) is 2.26. The van der Waals surface area contributed by atoms with Gasteiger partial charge < -0.3 is 5.11 Å². The highest BCUT2D eigenvalue weighted by atomic mass is 32.2. The van der Waals surface area contributed by atoms with E-state index in [1.165, 1.54) is 22.7 Å². The standard InChI is InChI=1S/C13H19NO4S2/c1-9-6-7-19-11(9)8-14(2)20(17,18)12-5-3-4-10(12)13(15)16/h6-7,10,12H,3-5,8H2,1-2H3,(H,15,16). The van der Waals surface area contributed by atoms with Gasteiger partial charge in [-0.2, -0.15) is 4.31 Å². The van der Waals surface area contributed by atoms with Crippen LogP contribution in [0.3, 0.4) is 0 Å². The second-order valence-electron chi connectivity index (χ2n) is 5.24. The number of sulfonamides is 1. The van der Waals surface area contributed by atoms with Gasteiger partial charge in [0.25, 0.3) is 0 Å². The first-order chi connectivity index (χ1) is 9.34. The first-order valence-electron chi connectivity index (χ1n) is 6.55. The van der Waals surface area contributed by atoms with E-state index in [-0.39, 0.29) is 0 Å². The Balaban J connectivity index is 2.17. The summed E-state index contributed by atoms with van der Waals surface area (Å²) < 4.78 is 26.4. The first kappa shape index (κ1) is 15.5. The van der Waals surface area contributed by atoms with Crippen molar-refractivity contribution in [2.24, 2.45) is 5.92 Å². The highest BCUT2D eigenvalue weighted by Crippen LogP contribution is 2.33. The second-order valence-corrected chi connectivity index (χ2v) is 8.50. The first-order valence-corrected chi connectivity index (χ1v) is 8.93. The summed E-state index contributed by atoms with van der Waals surface area (Å²) in [5.74, 6) is -1.77. The molecule has 0 radical (unpaired) electrons. The van der Waals surface area contributed by atoms with Crippen LogP contribution in [0.15, 0.2) is 11.4 Å². The topological polar surface area (TPSA) is 74.7 Å². The number of thiophene rings is 1. The summed E-state index contributed by atoms with van der Waals surface area (Å²) in [4.78, 5) is 12.2. The zero-order chi connectivity index (χ0) is 14.9. The molecule has 0 amide bonds. The summed E-state index contributed by atoms with van der Waals surface area (Å²) in [5, 5.41) is 10.3. The normalized spacial score (nSPS) is 23.4. The number of carbonyl (C=O) groups is 1. The van der Waals surface area contributed by atoms with E-state index in [1.807, 2.05) is 18.4 Å². The largest absolute Gasteiger partial charge is 0.481 e. The fourth-order valence-electron chi connectivity index (χ4n) is 2.65. The predicted octanol–water partition coefficient (Wildman–Crippen LogP) is 2.07. The number of carboxylic acids is 1. The fraction of sp³-hybridized carbons (Fsp3) is 0.615. The zero-order valence-electron chi connectivity index (χ0n) is 11.6. The summed E-state index contributed by atoms with van der Waals surface area (Å²) in [6, 6.07) is 1.95. The van der Waals surface area contributed by atoms with Crippen molar-refractivity contribution in [2.75, 3.05) is 7.05 Å². The van der Waals surface area contributed by atoms with Crippen LogP contribution in [0.2, 0.25) is 0 Å². The fourth-order valence-corrected chi connectivity index (χ4v) is 5.60. The molecule has 1 aromatic heterocycles. The lowest BCUT2D eigenvalue weighted by Gasteiger charge is -2.24. The lowest BCUT2D eigenvalue weighted by atomic mass is 10.1. The highest BCUT2D eigenvalue weighted by Gasteiger charge is 2.43. The van der Waals surface area contributed by atoms with Gasteiger partial charge in [0.15, 0.2) is 0 Å². The van der Waals surface area contributed by atoms with E-state index in [0.29, 0.717) is 25.8 Å². The van der Waals surface area contributed by atoms with Gasteiger partial charge in [-0.25, -0.2) is 8.42 Å². The molecule has 1 heterocycles. The van der Waals surface area contributed by atoms with E-state index < -0.39 is 27.2 Å². The maximum atomic E-state index is 12.6. The molecule has 1 fully saturated rings. The van der Waals surface area contributed by atoms with Gasteiger partial charge in [-0.05, 0) is 36.8 Å². The quantitative estimate of drug-likeness (QED) is 0.902. The van der Waals surface area contributed by atoms with Crippen LogP contribution in [0.5, 0.6) is 0 Å². The Morgan fingerprint density at radius 1 is 1.50 bits per heavy atom. The zero-order valence-corrected chi connectivity index (χ0v) is 13.2. The molecule has 0 aliphatic heterocycles. The van der Waals surface area contributed by atoms with Gasteiger partial charge in [0.05, 0.1) is 11.2 Å². The molecule has 20 heavy (non-hydrogen) atoms. The van der Waals surface area contributed by atoms with E-state index >= 15 is 0 Å². The maximum absolute atomic E-state index is 12.6. The Bertz CT molecular complexity index is 593. The summed E-state index contributed by atoms with van der Waals surface area (Å²) >= 11 is 1.52. The van der Waals surface area contributed by atoms with E-state index in [0.717, 1.165) is 10.4 Å². The highest BCUT2D eigenvalue weighted by molar-refractivity contribution is 7.89. The number of nitrogens with zero attached hydrogens (tertiary/aromatic N) is 1. The minimum Gasteiger partial charge on any atom is -0.481 e. The molecule has 1 N–H and O–H groups in total. The molecule has 7 heteroatoms. The number of hydrogen-bond acceptors (Lipinski definition) is 4. The minimum atomic E-state index is -3.57. The molecule has 1 aliphatic rings. The van der Waals surface area contributed by atoms with Crippen LogP contribution in [-0.4, -0.2) is 36.1 Å². The van der Waals surface area contributed by atoms with E-state index in [9.17, 15) is 13.2 Å². The molecular weight excluding hydrogens is 298 g/mol. The summed E-state index contributed by atoms with van der Waals surface area (Å²) in [6.07, 6.45) is 1.55. The summed E-state index contributed by atoms with van der Waals surface area (Å²) in [5.41, 5.74) is 1.07. The third kappa shape index (κ3) is 2.89. The number of aryl methyl sites for hydroxylation is 1. The lowest BCUT2D eigenvalue weighted by Crippen LogP contribution is -2.39. The van der Waals surface area contributed by atoms with Crippen molar-refractivity contribution in [3.63, 3.8) is 0 Å². The SMILES string of the molecule is Cc1ccsc1CN(C)S(=O)(=O)C1CCCC1C(=O)O. The molecule has 1 aliphatic carbocycles. The van der Waals surface area contributed by atoms with Gasteiger partial charge in [0, 0.05) is 18.5 Å². The lowest BCUT2D eigenvalue weighted by molar-refractivity contribution is -0.141. The molecule has 1 saturated carbocycles. The van der Waals surface area contributed by atoms with Crippen LogP contribution in [0, 0.1) is 12.8 Å². The Morgan fingerprint density at radius 3 is 2.75 bits per heavy atom. The molecule has 2 atom stereocenters. The Kier molecular flexibility index (Phi) is 4.51. The third-order valence-corrected chi connectivity index (χ3v) is 7.26. The molecule has 5 nitrogen and oxygen atoms in total. The predicted molar refractivity (Wildman–Crippen MR) is 78.2 cm³/mol. The van der Waals surface area contributed by atoms with Gasteiger partial charge in [-0.1, -0.05) is 6.42 Å². The van der Waals surface area contributed by atoms with Crippen molar-refractivity contribution in [1.29, 1.82) is 0 Å². The van der Waals surface area contributed by atoms with Gasteiger partial charge in [0.2, 0.25) is 10.0 Å². The molecule has 0 saturated heterocycles. The van der Waals surface area contributed by atoms with Crippen LogP contribution in [0.25, 0.3) is 0 Å².